The minimum atomic E-state index is -0.0785. The van der Waals surface area contributed by atoms with E-state index in [0.717, 1.165) is 61.8 Å². The summed E-state index contributed by atoms with van der Waals surface area (Å²) in [6.07, 6.45) is 0. The summed E-state index contributed by atoms with van der Waals surface area (Å²) in [6, 6.07) is 57.7. The molecule has 7 aromatic carbocycles. The highest BCUT2D eigenvalue weighted by atomic mass is 16.3. The van der Waals surface area contributed by atoms with Crippen molar-refractivity contribution in [1.29, 1.82) is 0 Å². The van der Waals surface area contributed by atoms with Gasteiger partial charge in [0.2, 0.25) is 0 Å². The number of fused-ring (bicyclic) bond motifs is 6. The predicted octanol–water partition coefficient (Wildman–Crippen LogP) is 12.8. The van der Waals surface area contributed by atoms with Crippen LogP contribution < -0.4 is 15.5 Å². The van der Waals surface area contributed by atoms with Crippen molar-refractivity contribution in [3.63, 3.8) is 0 Å². The fourth-order valence-electron chi connectivity index (χ4n) is 7.40. The zero-order chi connectivity index (χ0) is 33.0. The topological polar surface area (TPSA) is 40.4 Å². The Morgan fingerprint density at radius 1 is 0.429 bits per heavy atom. The molecular formula is C45H35N3O. The summed E-state index contributed by atoms with van der Waals surface area (Å²) < 4.78 is 6.23. The van der Waals surface area contributed by atoms with Gasteiger partial charge in [0.05, 0.1) is 5.69 Å². The van der Waals surface area contributed by atoms with Crippen LogP contribution in [0.25, 0.3) is 33.1 Å². The lowest BCUT2D eigenvalue weighted by Crippen LogP contribution is -2.15. The lowest BCUT2D eigenvalue weighted by atomic mass is 9.82. The number of hydrogen-bond acceptors (Lipinski definition) is 4. The molecule has 4 nitrogen and oxygen atoms in total. The lowest BCUT2D eigenvalue weighted by molar-refractivity contribution is 0.660. The highest BCUT2D eigenvalue weighted by Gasteiger charge is 2.35. The molecule has 0 saturated heterocycles. The first-order chi connectivity index (χ1) is 24.0. The second-order valence-electron chi connectivity index (χ2n) is 13.3. The van der Waals surface area contributed by atoms with Gasteiger partial charge in [-0.2, -0.15) is 0 Å². The van der Waals surface area contributed by atoms with Gasteiger partial charge in [-0.3, -0.25) is 0 Å². The number of nitrogens with one attached hydrogen (secondary N) is 2. The molecule has 4 heteroatoms. The van der Waals surface area contributed by atoms with Gasteiger partial charge >= 0.3 is 0 Å². The maximum Gasteiger partial charge on any atom is 0.137 e. The molecular weight excluding hydrogens is 599 g/mol. The van der Waals surface area contributed by atoms with Crippen LogP contribution in [0.2, 0.25) is 0 Å². The predicted molar refractivity (Wildman–Crippen MR) is 205 cm³/mol. The van der Waals surface area contributed by atoms with E-state index < -0.39 is 0 Å². The number of furan rings is 1. The summed E-state index contributed by atoms with van der Waals surface area (Å²) in [6.45, 7) is 4.64. The van der Waals surface area contributed by atoms with E-state index in [-0.39, 0.29) is 5.41 Å². The SMILES string of the molecule is CC1(C)c2ccccc2-c2ccc(Nc3cc(Nc4ccc5c(c4)oc4ccccc45)cc(N(c4ccccc4)c4ccccc4)c3)cc21. The summed E-state index contributed by atoms with van der Waals surface area (Å²) in [7, 11) is 0. The molecule has 236 valence electrons. The molecule has 1 heterocycles. The van der Waals surface area contributed by atoms with Gasteiger partial charge in [-0.05, 0) is 95.1 Å². The molecule has 0 fully saturated rings. The minimum Gasteiger partial charge on any atom is -0.456 e. The Hall–Kier alpha value is -6.26. The molecule has 9 rings (SSSR count). The van der Waals surface area contributed by atoms with Crippen LogP contribution in [0.4, 0.5) is 39.8 Å². The Morgan fingerprint density at radius 2 is 1.00 bits per heavy atom. The van der Waals surface area contributed by atoms with E-state index in [1.165, 1.54) is 22.3 Å². The Balaban J connectivity index is 1.14. The third-order valence-electron chi connectivity index (χ3n) is 9.74. The molecule has 1 aliphatic carbocycles. The van der Waals surface area contributed by atoms with Crippen molar-refractivity contribution < 1.29 is 4.42 Å². The molecule has 0 spiro atoms. The maximum absolute atomic E-state index is 6.23. The first-order valence-corrected chi connectivity index (χ1v) is 16.8. The van der Waals surface area contributed by atoms with Crippen LogP contribution >= 0.6 is 0 Å². The van der Waals surface area contributed by atoms with Gasteiger partial charge in [0.25, 0.3) is 0 Å². The summed E-state index contributed by atoms with van der Waals surface area (Å²) in [5, 5.41) is 9.72. The standard InChI is InChI=1S/C45H35N3O/c1-45(2)41-19-11-9-17-37(41)38-23-21-30(28-42(38)45)46-32-25-33(47-31-22-24-40-39-18-10-12-20-43(39)49-44(40)29-31)27-36(26-32)48(34-13-5-3-6-14-34)35-15-7-4-8-16-35/h3-29,46-47H,1-2H3. The van der Waals surface area contributed by atoms with Gasteiger partial charge in [-0.1, -0.05) is 98.8 Å². The largest absolute Gasteiger partial charge is 0.456 e. The average molecular weight is 634 g/mol. The van der Waals surface area contributed by atoms with Crippen LogP contribution in [0.15, 0.2) is 168 Å². The van der Waals surface area contributed by atoms with Crippen molar-refractivity contribution in [3.05, 3.63) is 175 Å². The first kappa shape index (κ1) is 28.9. The van der Waals surface area contributed by atoms with Crippen molar-refractivity contribution in [1.82, 2.24) is 0 Å². The third kappa shape index (κ3) is 5.10. The summed E-state index contributed by atoms with van der Waals surface area (Å²) in [5.74, 6) is 0. The number of nitrogens with zero attached hydrogens (tertiary/aromatic N) is 1. The zero-order valence-corrected chi connectivity index (χ0v) is 27.4. The van der Waals surface area contributed by atoms with Crippen molar-refractivity contribution in [2.75, 3.05) is 15.5 Å². The second-order valence-corrected chi connectivity index (χ2v) is 13.3. The van der Waals surface area contributed by atoms with Gasteiger partial charge in [0, 0.05) is 56.4 Å². The van der Waals surface area contributed by atoms with Gasteiger partial charge < -0.3 is 20.0 Å². The van der Waals surface area contributed by atoms with Gasteiger partial charge in [-0.15, -0.1) is 0 Å². The number of benzene rings is 7. The highest BCUT2D eigenvalue weighted by molar-refractivity contribution is 6.05. The van der Waals surface area contributed by atoms with Crippen LogP contribution in [0.5, 0.6) is 0 Å². The molecule has 0 radical (unpaired) electrons. The summed E-state index contributed by atoms with van der Waals surface area (Å²) in [4.78, 5) is 2.29. The number of anilines is 7. The zero-order valence-electron chi connectivity index (χ0n) is 27.4. The first-order valence-electron chi connectivity index (χ1n) is 16.8. The smallest absolute Gasteiger partial charge is 0.137 e. The van der Waals surface area contributed by atoms with Crippen LogP contribution in [0, 0.1) is 0 Å². The fraction of sp³-hybridized carbons (Fsp3) is 0.0667. The summed E-state index contributed by atoms with van der Waals surface area (Å²) in [5.41, 5.74) is 14.2. The van der Waals surface area contributed by atoms with E-state index in [2.05, 4.69) is 181 Å². The Labute approximate surface area is 286 Å². The molecule has 0 bridgehead atoms. The van der Waals surface area contributed by atoms with E-state index in [1.54, 1.807) is 0 Å². The Morgan fingerprint density at radius 3 is 1.73 bits per heavy atom. The van der Waals surface area contributed by atoms with Crippen molar-refractivity contribution in [3.8, 4) is 11.1 Å². The molecule has 8 aromatic rings. The molecule has 0 saturated carbocycles. The van der Waals surface area contributed by atoms with E-state index in [0.29, 0.717) is 0 Å². The van der Waals surface area contributed by atoms with Crippen LogP contribution in [0.3, 0.4) is 0 Å². The Bertz CT molecular complexity index is 2440. The fourth-order valence-corrected chi connectivity index (χ4v) is 7.40. The molecule has 1 aliphatic rings. The number of hydrogen-bond donors (Lipinski definition) is 2. The minimum absolute atomic E-state index is 0.0785. The highest BCUT2D eigenvalue weighted by Crippen LogP contribution is 2.49. The quantitative estimate of drug-likeness (QED) is 0.183. The average Bonchev–Trinajstić information content (AvgIpc) is 3.61. The molecule has 0 atom stereocenters. The molecule has 0 aliphatic heterocycles. The summed E-state index contributed by atoms with van der Waals surface area (Å²) >= 11 is 0. The van der Waals surface area contributed by atoms with Crippen molar-refractivity contribution in [2.24, 2.45) is 0 Å². The van der Waals surface area contributed by atoms with E-state index in [9.17, 15) is 0 Å². The normalized spacial score (nSPS) is 12.9. The van der Waals surface area contributed by atoms with Gasteiger partial charge in [-0.25, -0.2) is 0 Å². The number of para-hydroxylation sites is 3. The van der Waals surface area contributed by atoms with Crippen LogP contribution in [-0.4, -0.2) is 0 Å². The molecule has 0 amide bonds. The molecule has 2 N–H and O–H groups in total. The van der Waals surface area contributed by atoms with E-state index in [1.807, 2.05) is 12.1 Å². The third-order valence-corrected chi connectivity index (χ3v) is 9.74. The molecule has 0 unspecified atom stereocenters. The molecule has 1 aromatic heterocycles. The second kappa shape index (κ2) is 11.5. The van der Waals surface area contributed by atoms with Crippen LogP contribution in [0.1, 0.15) is 25.0 Å². The Kier molecular flexibility index (Phi) is 6.77. The van der Waals surface area contributed by atoms with Crippen molar-refractivity contribution in [2.45, 2.75) is 19.3 Å². The van der Waals surface area contributed by atoms with Crippen molar-refractivity contribution >= 4 is 61.8 Å². The van der Waals surface area contributed by atoms with E-state index >= 15 is 0 Å². The molecule has 49 heavy (non-hydrogen) atoms. The van der Waals surface area contributed by atoms with E-state index in [4.69, 9.17) is 4.42 Å². The van der Waals surface area contributed by atoms with Gasteiger partial charge in [0.15, 0.2) is 0 Å². The maximum atomic E-state index is 6.23. The monoisotopic (exact) mass is 633 g/mol. The van der Waals surface area contributed by atoms with Crippen LogP contribution in [-0.2, 0) is 5.41 Å². The van der Waals surface area contributed by atoms with Gasteiger partial charge in [0.1, 0.15) is 11.2 Å². The lowest BCUT2D eigenvalue weighted by Gasteiger charge is -2.27. The number of rotatable bonds is 7.